The normalized spacial score (nSPS) is 15.9. The molecule has 28 nitrogen and oxygen atoms in total. The highest BCUT2D eigenvalue weighted by atomic mass is 16.4. The van der Waals surface area contributed by atoms with E-state index < -0.39 is 114 Å². The Morgan fingerprint density at radius 1 is 0.520 bits per heavy atom. The standard InChI is InChI=1S/C47H89N17O11/c1-28(2)25-35(46(74)75)63-43(71)32(16-6-10-22-51)59-42(70)33(17-11-23-56-47(54)55)60-40(68)30(14-4-8-20-49)57-39(67)29(13-3-7-19-48)58-41(69)31(15-5-9-21-50)61-44(72)34(26-37(53)65)62-45(73)36-18-12-24-64(36)38(66)27-52/h28-36H,3-27,48-52H2,1-2H3,(H2,53,65)(H,57,67)(H,58,69)(H,59,70)(H,60,68)(H,61,72)(H,62,73)(H,63,71)(H,74,75)(H4,54,55,56)/t29-,30-,31-,32-,33-,34-,35-,36-/m0/s1. The molecule has 1 saturated heterocycles. The lowest BCUT2D eigenvalue weighted by Gasteiger charge is -2.28. The highest BCUT2D eigenvalue weighted by Gasteiger charge is 2.38. The van der Waals surface area contributed by atoms with Crippen molar-refractivity contribution in [2.24, 2.45) is 56.8 Å². The molecule has 0 spiro atoms. The Balaban J connectivity index is 3.57. The van der Waals surface area contributed by atoms with E-state index >= 15 is 0 Å². The Morgan fingerprint density at radius 3 is 1.20 bits per heavy atom. The molecule has 1 aliphatic heterocycles. The van der Waals surface area contributed by atoms with Crippen LogP contribution in [0, 0.1) is 5.92 Å². The van der Waals surface area contributed by atoms with Gasteiger partial charge in [0.15, 0.2) is 5.96 Å². The maximum absolute atomic E-state index is 14.3. The van der Waals surface area contributed by atoms with Gasteiger partial charge in [0.25, 0.3) is 0 Å². The van der Waals surface area contributed by atoms with E-state index in [1.165, 1.54) is 4.90 Å². The Kier molecular flexibility index (Phi) is 33.4. The Labute approximate surface area is 439 Å². The van der Waals surface area contributed by atoms with Gasteiger partial charge >= 0.3 is 5.97 Å². The van der Waals surface area contributed by atoms with Crippen LogP contribution in [0.3, 0.4) is 0 Å². The summed E-state index contributed by atoms with van der Waals surface area (Å²) in [6, 6.07) is -10.3. The van der Waals surface area contributed by atoms with Crippen LogP contribution in [-0.2, 0) is 47.9 Å². The lowest BCUT2D eigenvalue weighted by atomic mass is 10.0. The average Bonchev–Trinajstić information content (AvgIpc) is 3.85. The summed E-state index contributed by atoms with van der Waals surface area (Å²) in [5.41, 5.74) is 45.0. The molecule has 1 heterocycles. The van der Waals surface area contributed by atoms with Crippen molar-refractivity contribution in [3.63, 3.8) is 0 Å². The summed E-state index contributed by atoms with van der Waals surface area (Å²) in [5.74, 6) is -8.61. The average molecular weight is 1070 g/mol. The quantitative estimate of drug-likeness (QED) is 0.0155. The first-order valence-electron chi connectivity index (χ1n) is 26.1. The lowest BCUT2D eigenvalue weighted by Crippen LogP contribution is -2.60. The van der Waals surface area contributed by atoms with Crippen LogP contribution in [0.1, 0.15) is 129 Å². The number of rotatable bonds is 40. The highest BCUT2D eigenvalue weighted by molar-refractivity contribution is 5.99. The third kappa shape index (κ3) is 26.7. The van der Waals surface area contributed by atoms with Gasteiger partial charge in [-0.1, -0.05) is 13.8 Å². The monoisotopic (exact) mass is 1070 g/mol. The number of carboxylic acids is 1. The Morgan fingerprint density at radius 2 is 0.880 bits per heavy atom. The molecule has 0 aromatic rings. The maximum atomic E-state index is 14.3. The molecule has 1 fully saturated rings. The first kappa shape index (κ1) is 66.8. The number of aliphatic carboxylic acids is 1. The zero-order valence-electron chi connectivity index (χ0n) is 43.9. The van der Waals surface area contributed by atoms with E-state index in [4.69, 9.17) is 45.9 Å². The number of carbonyl (C=O) groups is 10. The van der Waals surface area contributed by atoms with Crippen molar-refractivity contribution >= 4 is 65.1 Å². The number of nitrogens with one attached hydrogen (secondary N) is 7. The molecule has 0 aliphatic carbocycles. The van der Waals surface area contributed by atoms with Gasteiger partial charge in [0.05, 0.1) is 13.0 Å². The molecule has 0 aromatic carbocycles. The molecule has 1 rings (SSSR count). The minimum Gasteiger partial charge on any atom is -0.480 e. The van der Waals surface area contributed by atoms with Gasteiger partial charge in [0, 0.05) is 13.1 Å². The van der Waals surface area contributed by atoms with Crippen molar-refractivity contribution in [3.8, 4) is 0 Å². The lowest BCUT2D eigenvalue weighted by molar-refractivity contribution is -0.143. The van der Waals surface area contributed by atoms with E-state index in [9.17, 15) is 53.1 Å². The molecule has 9 amide bonds. The molecule has 1 aliphatic rings. The number of guanidine groups is 1. The van der Waals surface area contributed by atoms with E-state index in [1.807, 2.05) is 0 Å². The fourth-order valence-electron chi connectivity index (χ4n) is 8.28. The number of nitrogens with two attached hydrogens (primary N) is 8. The first-order valence-corrected chi connectivity index (χ1v) is 26.1. The summed E-state index contributed by atoms with van der Waals surface area (Å²) in [4.78, 5) is 140. The largest absolute Gasteiger partial charge is 0.480 e. The second-order valence-electron chi connectivity index (χ2n) is 19.1. The molecule has 0 radical (unpaired) electrons. The van der Waals surface area contributed by atoms with Gasteiger partial charge in [0.1, 0.15) is 48.3 Å². The molecule has 0 saturated carbocycles. The van der Waals surface area contributed by atoms with Crippen LogP contribution in [0.25, 0.3) is 0 Å². The van der Waals surface area contributed by atoms with Crippen LogP contribution in [-0.4, -0.2) is 169 Å². The molecule has 0 aromatic heterocycles. The minimum atomic E-state index is -1.55. The second kappa shape index (κ2) is 37.5. The van der Waals surface area contributed by atoms with Crippen LogP contribution in [0.2, 0.25) is 0 Å². The summed E-state index contributed by atoms with van der Waals surface area (Å²) >= 11 is 0. The number of carboxylic acid groups (broad SMARTS) is 1. The van der Waals surface area contributed by atoms with Crippen molar-refractivity contribution in [1.82, 2.24) is 42.1 Å². The number of amides is 9. The molecule has 24 N–H and O–H groups in total. The zero-order valence-corrected chi connectivity index (χ0v) is 43.9. The van der Waals surface area contributed by atoms with E-state index in [1.54, 1.807) is 13.8 Å². The zero-order chi connectivity index (χ0) is 56.5. The minimum absolute atomic E-state index is 0.00886. The second-order valence-corrected chi connectivity index (χ2v) is 19.1. The number of carbonyl (C=O) groups excluding carboxylic acids is 9. The van der Waals surface area contributed by atoms with Gasteiger partial charge in [-0.05, 0) is 141 Å². The fourth-order valence-corrected chi connectivity index (χ4v) is 8.28. The smallest absolute Gasteiger partial charge is 0.326 e. The maximum Gasteiger partial charge on any atom is 0.326 e. The van der Waals surface area contributed by atoms with Crippen LogP contribution in [0.15, 0.2) is 4.99 Å². The molecule has 0 unspecified atom stereocenters. The summed E-state index contributed by atoms with van der Waals surface area (Å²) in [5, 5.41) is 28.2. The third-order valence-electron chi connectivity index (χ3n) is 12.3. The Bertz CT molecular complexity index is 1870. The number of nitrogens with zero attached hydrogens (tertiary/aromatic N) is 2. The van der Waals surface area contributed by atoms with Gasteiger partial charge in [-0.25, -0.2) is 4.79 Å². The van der Waals surface area contributed by atoms with Gasteiger partial charge < -0.3 is 93.1 Å². The van der Waals surface area contributed by atoms with E-state index in [0.29, 0.717) is 64.3 Å². The predicted octanol–water partition coefficient (Wildman–Crippen LogP) is -5.09. The summed E-state index contributed by atoms with van der Waals surface area (Å²) < 4.78 is 0. The number of primary amides is 1. The van der Waals surface area contributed by atoms with Crippen molar-refractivity contribution in [1.29, 1.82) is 0 Å². The van der Waals surface area contributed by atoms with E-state index in [2.05, 4.69) is 42.2 Å². The molecular weight excluding hydrogens is 979 g/mol. The van der Waals surface area contributed by atoms with Crippen LogP contribution >= 0.6 is 0 Å². The molecular formula is C47H89N17O11. The fraction of sp³-hybridized carbons (Fsp3) is 0.766. The van der Waals surface area contributed by atoms with E-state index in [-0.39, 0.29) is 103 Å². The summed E-state index contributed by atoms with van der Waals surface area (Å²) in [7, 11) is 0. The van der Waals surface area contributed by atoms with Crippen molar-refractivity contribution < 1.29 is 53.1 Å². The molecule has 75 heavy (non-hydrogen) atoms. The van der Waals surface area contributed by atoms with Crippen LogP contribution < -0.4 is 83.1 Å². The summed E-state index contributed by atoms with van der Waals surface area (Å²) in [6.07, 6.45) is 3.72. The molecule has 428 valence electrons. The number of hydrogen-bond acceptors (Lipinski definition) is 16. The van der Waals surface area contributed by atoms with Gasteiger partial charge in [-0.2, -0.15) is 0 Å². The number of likely N-dealkylation sites (tertiary alicyclic amines) is 1. The first-order chi connectivity index (χ1) is 35.6. The van der Waals surface area contributed by atoms with Crippen LogP contribution in [0.4, 0.5) is 0 Å². The third-order valence-corrected chi connectivity index (χ3v) is 12.3. The van der Waals surface area contributed by atoms with Crippen molar-refractivity contribution in [2.45, 2.75) is 178 Å². The molecule has 0 bridgehead atoms. The highest BCUT2D eigenvalue weighted by Crippen LogP contribution is 2.18. The number of hydrogen-bond donors (Lipinski definition) is 16. The van der Waals surface area contributed by atoms with Crippen molar-refractivity contribution in [3.05, 3.63) is 0 Å². The number of unbranched alkanes of at least 4 members (excludes halogenated alkanes) is 4. The topological polar surface area (TPSA) is 499 Å². The number of aliphatic imine (C=N–C) groups is 1. The predicted molar refractivity (Wildman–Crippen MR) is 280 cm³/mol. The van der Waals surface area contributed by atoms with Gasteiger partial charge in [-0.15, -0.1) is 0 Å². The van der Waals surface area contributed by atoms with Gasteiger partial charge in [-0.3, -0.25) is 48.1 Å². The Hall–Kier alpha value is -6.23. The van der Waals surface area contributed by atoms with E-state index in [0.717, 1.165) is 0 Å². The molecule has 8 atom stereocenters. The summed E-state index contributed by atoms with van der Waals surface area (Å²) in [6.45, 7) is 4.60. The SMILES string of the molecule is CC(C)C[C@H](NC(=O)[C@H](CCCCN)NC(=O)[C@H](CCCN=C(N)N)NC(=O)[C@H](CCCCN)NC(=O)[C@H](CCCCN)NC(=O)[C@H](CCCCN)NC(=O)[C@H](CC(N)=O)NC(=O)[C@@H]1CCCN1C(=O)CN)C(=O)O. The molecule has 28 heteroatoms. The van der Waals surface area contributed by atoms with Crippen molar-refractivity contribution in [2.75, 3.05) is 45.8 Å². The van der Waals surface area contributed by atoms with Crippen LogP contribution in [0.5, 0.6) is 0 Å². The van der Waals surface area contributed by atoms with Gasteiger partial charge in [0.2, 0.25) is 53.2 Å².